The molecule has 152 valence electrons. The predicted molar refractivity (Wildman–Crippen MR) is 111 cm³/mol. The Labute approximate surface area is 165 Å². The Morgan fingerprint density at radius 3 is 2.67 bits per heavy atom. The van der Waals surface area contributed by atoms with E-state index >= 15 is 0 Å². The van der Waals surface area contributed by atoms with Gasteiger partial charge in [0, 0.05) is 40.3 Å². The lowest BCUT2D eigenvalue weighted by Gasteiger charge is -2.34. The normalized spacial score (nSPS) is 17.7. The summed E-state index contributed by atoms with van der Waals surface area (Å²) < 4.78 is 5.19. The molecule has 5 heteroatoms. The quantitative estimate of drug-likeness (QED) is 0.759. The van der Waals surface area contributed by atoms with E-state index < -0.39 is 0 Å². The van der Waals surface area contributed by atoms with E-state index in [1.807, 2.05) is 11.9 Å². The van der Waals surface area contributed by atoms with E-state index in [1.165, 1.54) is 35.1 Å². The number of piperidine rings is 1. The third-order valence-corrected chi connectivity index (χ3v) is 5.59. The van der Waals surface area contributed by atoms with Gasteiger partial charge in [-0.05, 0) is 69.2 Å². The van der Waals surface area contributed by atoms with Crippen LogP contribution in [0.4, 0.5) is 4.79 Å². The van der Waals surface area contributed by atoms with Crippen molar-refractivity contribution in [1.29, 1.82) is 0 Å². The van der Waals surface area contributed by atoms with Crippen LogP contribution >= 0.6 is 0 Å². The number of carbonyl (C=O) groups excluding carboxylic acids is 1. The van der Waals surface area contributed by atoms with Crippen molar-refractivity contribution in [2.45, 2.75) is 40.0 Å². The molecule has 0 radical (unpaired) electrons. The van der Waals surface area contributed by atoms with Gasteiger partial charge in [-0.2, -0.15) is 0 Å². The average molecular weight is 376 g/mol. The molecule has 2 amide bonds. The summed E-state index contributed by atoms with van der Waals surface area (Å²) in [5.41, 5.74) is 5.27. The van der Waals surface area contributed by atoms with Crippen LogP contribution in [-0.4, -0.2) is 69.3 Å². The minimum absolute atomic E-state index is 0.0337. The van der Waals surface area contributed by atoms with Crippen molar-refractivity contribution >= 4 is 6.03 Å². The van der Waals surface area contributed by atoms with E-state index in [1.54, 1.807) is 7.11 Å². The molecule has 0 saturated carbocycles. The molecule has 0 unspecified atom stereocenters. The average Bonchev–Trinajstić information content (AvgIpc) is 2.62. The first-order valence-electron chi connectivity index (χ1n) is 10.2. The summed E-state index contributed by atoms with van der Waals surface area (Å²) in [6, 6.07) is 4.47. The third-order valence-electron chi connectivity index (χ3n) is 5.59. The van der Waals surface area contributed by atoms with Crippen molar-refractivity contribution in [3.05, 3.63) is 34.4 Å². The van der Waals surface area contributed by atoms with Crippen LogP contribution in [-0.2, 0) is 11.2 Å². The molecular formula is C22H37N3O2. The Kier molecular flexibility index (Phi) is 8.58. The second kappa shape index (κ2) is 10.7. The maximum absolute atomic E-state index is 12.5. The molecule has 1 heterocycles. The summed E-state index contributed by atoms with van der Waals surface area (Å²) in [4.78, 5) is 16.8. The highest BCUT2D eigenvalue weighted by Gasteiger charge is 2.22. The van der Waals surface area contributed by atoms with Gasteiger partial charge in [0.1, 0.15) is 0 Å². The fraction of sp³-hybridized carbons (Fsp3) is 0.682. The topological polar surface area (TPSA) is 44.8 Å². The standard InChI is InChI=1S/C22H37N3O2/c1-17-13-18(2)21(19(3)14-17)8-9-23-22(26)24(4)15-20-7-6-10-25(16-20)11-12-27-5/h13-14,20H,6-12,15-16H2,1-5H3,(H,23,26)/t20-/m1/s1. The van der Waals surface area contributed by atoms with E-state index in [9.17, 15) is 4.79 Å². The molecule has 1 aromatic carbocycles. The molecule has 1 N–H and O–H groups in total. The van der Waals surface area contributed by atoms with Crippen LogP contribution in [0.25, 0.3) is 0 Å². The number of ether oxygens (including phenoxy) is 1. The number of methoxy groups -OCH3 is 1. The molecule has 0 bridgehead atoms. The molecule has 0 aromatic heterocycles. The van der Waals surface area contributed by atoms with Gasteiger partial charge >= 0.3 is 6.03 Å². The lowest BCUT2D eigenvalue weighted by atomic mass is 9.97. The van der Waals surface area contributed by atoms with Gasteiger partial charge in [0.25, 0.3) is 0 Å². The number of carbonyl (C=O) groups is 1. The number of aryl methyl sites for hydroxylation is 3. The summed E-state index contributed by atoms with van der Waals surface area (Å²) in [6.07, 6.45) is 3.28. The minimum atomic E-state index is 0.0337. The first-order valence-corrected chi connectivity index (χ1v) is 10.2. The molecular weight excluding hydrogens is 338 g/mol. The van der Waals surface area contributed by atoms with Crippen molar-refractivity contribution in [2.24, 2.45) is 5.92 Å². The highest BCUT2D eigenvalue weighted by atomic mass is 16.5. The summed E-state index contributed by atoms with van der Waals surface area (Å²) in [5, 5.41) is 3.09. The molecule has 1 aromatic rings. The zero-order valence-corrected chi connectivity index (χ0v) is 17.8. The molecule has 0 spiro atoms. The number of urea groups is 1. The van der Waals surface area contributed by atoms with E-state index in [-0.39, 0.29) is 6.03 Å². The maximum atomic E-state index is 12.5. The van der Waals surface area contributed by atoms with Crippen molar-refractivity contribution in [1.82, 2.24) is 15.1 Å². The van der Waals surface area contributed by atoms with E-state index in [2.05, 4.69) is 43.1 Å². The summed E-state index contributed by atoms with van der Waals surface area (Å²) in [7, 11) is 3.66. The number of amides is 2. The number of benzene rings is 1. The first-order chi connectivity index (χ1) is 12.9. The smallest absolute Gasteiger partial charge is 0.317 e. The Bertz CT molecular complexity index is 595. The fourth-order valence-electron chi connectivity index (χ4n) is 4.23. The van der Waals surface area contributed by atoms with E-state index in [4.69, 9.17) is 4.74 Å². The molecule has 1 aliphatic heterocycles. The second-order valence-corrected chi connectivity index (χ2v) is 8.04. The molecule has 1 aliphatic rings. The van der Waals surface area contributed by atoms with Crippen LogP contribution in [0.3, 0.4) is 0 Å². The van der Waals surface area contributed by atoms with Crippen LogP contribution in [0, 0.1) is 26.7 Å². The number of rotatable bonds is 8. The lowest BCUT2D eigenvalue weighted by Crippen LogP contribution is -2.45. The van der Waals surface area contributed by atoms with Gasteiger partial charge in [-0.1, -0.05) is 17.7 Å². The Balaban J connectivity index is 1.75. The lowest BCUT2D eigenvalue weighted by molar-refractivity contribution is 0.105. The highest BCUT2D eigenvalue weighted by Crippen LogP contribution is 2.18. The van der Waals surface area contributed by atoms with Crippen molar-refractivity contribution in [3.63, 3.8) is 0 Å². The van der Waals surface area contributed by atoms with Gasteiger partial charge in [0.05, 0.1) is 6.61 Å². The van der Waals surface area contributed by atoms with Crippen molar-refractivity contribution in [2.75, 3.05) is 53.5 Å². The first kappa shape index (κ1) is 21.7. The van der Waals surface area contributed by atoms with Gasteiger partial charge in [0.15, 0.2) is 0 Å². The van der Waals surface area contributed by atoms with Crippen LogP contribution < -0.4 is 5.32 Å². The number of nitrogens with zero attached hydrogens (tertiary/aromatic N) is 2. The molecule has 5 nitrogen and oxygen atoms in total. The second-order valence-electron chi connectivity index (χ2n) is 8.04. The summed E-state index contributed by atoms with van der Waals surface area (Å²) in [5.74, 6) is 0.549. The molecule has 27 heavy (non-hydrogen) atoms. The number of nitrogens with one attached hydrogen (secondary N) is 1. The minimum Gasteiger partial charge on any atom is -0.383 e. The van der Waals surface area contributed by atoms with Gasteiger partial charge in [-0.3, -0.25) is 0 Å². The highest BCUT2D eigenvalue weighted by molar-refractivity contribution is 5.73. The van der Waals surface area contributed by atoms with Gasteiger partial charge in [-0.15, -0.1) is 0 Å². The number of likely N-dealkylation sites (tertiary alicyclic amines) is 1. The Morgan fingerprint density at radius 2 is 2.00 bits per heavy atom. The van der Waals surface area contributed by atoms with Crippen LogP contribution in [0.2, 0.25) is 0 Å². The fourth-order valence-corrected chi connectivity index (χ4v) is 4.23. The SMILES string of the molecule is COCCN1CCC[C@H](CN(C)C(=O)NCCc2c(C)cc(C)cc2C)C1. The monoisotopic (exact) mass is 375 g/mol. The van der Waals surface area contributed by atoms with Gasteiger partial charge < -0.3 is 19.9 Å². The van der Waals surface area contributed by atoms with Crippen LogP contribution in [0.1, 0.15) is 35.1 Å². The van der Waals surface area contributed by atoms with Crippen molar-refractivity contribution < 1.29 is 9.53 Å². The van der Waals surface area contributed by atoms with Gasteiger partial charge in [0.2, 0.25) is 0 Å². The third kappa shape index (κ3) is 6.82. The largest absolute Gasteiger partial charge is 0.383 e. The van der Waals surface area contributed by atoms with Gasteiger partial charge in [-0.25, -0.2) is 4.79 Å². The van der Waals surface area contributed by atoms with E-state index in [0.29, 0.717) is 12.5 Å². The maximum Gasteiger partial charge on any atom is 0.317 e. The molecule has 2 rings (SSSR count). The molecule has 0 aliphatic carbocycles. The predicted octanol–water partition coefficient (Wildman–Crippen LogP) is 3.15. The number of hydrogen-bond donors (Lipinski definition) is 1. The van der Waals surface area contributed by atoms with Crippen LogP contribution in [0.5, 0.6) is 0 Å². The summed E-state index contributed by atoms with van der Waals surface area (Å²) >= 11 is 0. The Hall–Kier alpha value is -1.59. The summed E-state index contributed by atoms with van der Waals surface area (Å²) in [6.45, 7) is 11.9. The molecule has 1 atom stereocenters. The zero-order chi connectivity index (χ0) is 19.8. The number of hydrogen-bond acceptors (Lipinski definition) is 3. The Morgan fingerprint density at radius 1 is 1.30 bits per heavy atom. The molecule has 1 saturated heterocycles. The van der Waals surface area contributed by atoms with E-state index in [0.717, 1.165) is 39.2 Å². The van der Waals surface area contributed by atoms with Crippen LogP contribution in [0.15, 0.2) is 12.1 Å². The molecule has 1 fully saturated rings. The van der Waals surface area contributed by atoms with Crippen molar-refractivity contribution in [3.8, 4) is 0 Å². The zero-order valence-electron chi connectivity index (χ0n) is 17.8.